The van der Waals surface area contributed by atoms with Crippen LogP contribution in [0.15, 0.2) is 17.2 Å². The van der Waals surface area contributed by atoms with E-state index in [0.717, 1.165) is 12.8 Å². The molecule has 2 N–H and O–H groups in total. The molecule has 1 saturated heterocycles. The van der Waals surface area contributed by atoms with Crippen LogP contribution in [-0.2, 0) is 4.74 Å². The molecular formula is C14H22N4O2. The Morgan fingerprint density at radius 3 is 2.90 bits per heavy atom. The summed E-state index contributed by atoms with van der Waals surface area (Å²) in [4.78, 5) is 18.9. The highest BCUT2D eigenvalue weighted by molar-refractivity contribution is 5.37. The summed E-state index contributed by atoms with van der Waals surface area (Å²) in [7, 11) is 0. The third kappa shape index (κ3) is 2.58. The van der Waals surface area contributed by atoms with Crippen LogP contribution in [0.1, 0.15) is 32.7 Å². The molecule has 2 heterocycles. The van der Waals surface area contributed by atoms with Gasteiger partial charge in [0.15, 0.2) is 5.82 Å². The Balaban J connectivity index is 1.92. The van der Waals surface area contributed by atoms with Gasteiger partial charge in [-0.15, -0.1) is 0 Å². The third-order valence-corrected chi connectivity index (χ3v) is 3.83. The number of nitrogens with two attached hydrogens (primary N) is 1. The number of nitrogens with zero attached hydrogens (tertiary/aromatic N) is 3. The maximum atomic E-state index is 12.5. The number of morpholine rings is 1. The van der Waals surface area contributed by atoms with E-state index >= 15 is 0 Å². The molecule has 0 amide bonds. The second-order valence-electron chi connectivity index (χ2n) is 6.31. The van der Waals surface area contributed by atoms with Crippen molar-refractivity contribution in [2.24, 2.45) is 5.73 Å². The van der Waals surface area contributed by atoms with Gasteiger partial charge in [0.25, 0.3) is 5.56 Å². The molecule has 110 valence electrons. The van der Waals surface area contributed by atoms with E-state index in [0.29, 0.717) is 31.5 Å². The van der Waals surface area contributed by atoms with Gasteiger partial charge in [0.05, 0.1) is 11.7 Å². The van der Waals surface area contributed by atoms with E-state index in [1.165, 1.54) is 0 Å². The Morgan fingerprint density at radius 2 is 2.25 bits per heavy atom. The molecule has 6 nitrogen and oxygen atoms in total. The van der Waals surface area contributed by atoms with Gasteiger partial charge in [-0.25, -0.2) is 4.98 Å². The van der Waals surface area contributed by atoms with Crippen molar-refractivity contribution in [2.75, 3.05) is 24.5 Å². The van der Waals surface area contributed by atoms with Crippen LogP contribution in [0.2, 0.25) is 0 Å². The average molecular weight is 278 g/mol. The van der Waals surface area contributed by atoms with E-state index in [1.807, 2.05) is 23.3 Å². The first-order valence-corrected chi connectivity index (χ1v) is 7.20. The molecule has 1 aromatic heterocycles. The standard InChI is InChI=1S/C14H22N4O2/c1-14(2)9-17(8-11(7-15)20-14)12-13(19)18(6-5-16-12)10-3-4-10/h5-6,10-11H,3-4,7-9,15H2,1-2H3. The lowest BCUT2D eigenvalue weighted by molar-refractivity contribution is -0.0791. The van der Waals surface area contributed by atoms with Crippen LogP contribution in [-0.4, -0.2) is 40.9 Å². The van der Waals surface area contributed by atoms with Gasteiger partial charge in [-0.1, -0.05) is 0 Å². The van der Waals surface area contributed by atoms with E-state index in [2.05, 4.69) is 4.98 Å². The number of rotatable bonds is 3. The Bertz CT molecular complexity index is 550. The fourth-order valence-electron chi connectivity index (χ4n) is 2.85. The molecule has 1 aliphatic heterocycles. The zero-order valence-corrected chi connectivity index (χ0v) is 12.1. The minimum Gasteiger partial charge on any atom is -0.367 e. The van der Waals surface area contributed by atoms with Crippen LogP contribution >= 0.6 is 0 Å². The minimum atomic E-state index is -0.323. The molecule has 0 spiro atoms. The SMILES string of the molecule is CC1(C)CN(c2nccn(C3CC3)c2=O)CC(CN)O1. The third-order valence-electron chi connectivity index (χ3n) is 3.83. The van der Waals surface area contributed by atoms with E-state index in [4.69, 9.17) is 10.5 Å². The van der Waals surface area contributed by atoms with Crippen molar-refractivity contribution >= 4 is 5.82 Å². The first kappa shape index (κ1) is 13.6. The minimum absolute atomic E-state index is 0.00321. The highest BCUT2D eigenvalue weighted by Crippen LogP contribution is 2.33. The van der Waals surface area contributed by atoms with Crippen LogP contribution in [0.4, 0.5) is 5.82 Å². The molecule has 0 radical (unpaired) electrons. The summed E-state index contributed by atoms with van der Waals surface area (Å²) in [5, 5.41) is 0. The van der Waals surface area contributed by atoms with Gasteiger partial charge in [0, 0.05) is 38.1 Å². The average Bonchev–Trinajstić information content (AvgIpc) is 3.21. The Hall–Kier alpha value is -1.40. The predicted octanol–water partition coefficient (Wildman–Crippen LogP) is 0.521. The Kier molecular flexibility index (Phi) is 3.30. The zero-order valence-electron chi connectivity index (χ0n) is 12.1. The molecular weight excluding hydrogens is 256 g/mol. The van der Waals surface area contributed by atoms with Gasteiger partial charge in [-0.3, -0.25) is 4.79 Å². The second kappa shape index (κ2) is 4.86. The van der Waals surface area contributed by atoms with Gasteiger partial charge >= 0.3 is 0 Å². The molecule has 3 rings (SSSR count). The summed E-state index contributed by atoms with van der Waals surface area (Å²) in [6, 6.07) is 0.364. The second-order valence-corrected chi connectivity index (χ2v) is 6.31. The summed E-state index contributed by atoms with van der Waals surface area (Å²) >= 11 is 0. The highest BCUT2D eigenvalue weighted by atomic mass is 16.5. The van der Waals surface area contributed by atoms with E-state index in [1.54, 1.807) is 12.4 Å². The van der Waals surface area contributed by atoms with E-state index in [9.17, 15) is 4.79 Å². The molecule has 0 aromatic carbocycles. The maximum absolute atomic E-state index is 12.5. The summed E-state index contributed by atoms with van der Waals surface area (Å²) in [5.41, 5.74) is 5.42. The Morgan fingerprint density at radius 1 is 1.50 bits per heavy atom. The van der Waals surface area contributed by atoms with Crippen molar-refractivity contribution in [3.63, 3.8) is 0 Å². The molecule has 1 aromatic rings. The van der Waals surface area contributed by atoms with Crippen molar-refractivity contribution in [2.45, 2.75) is 44.4 Å². The lowest BCUT2D eigenvalue weighted by Gasteiger charge is -2.42. The van der Waals surface area contributed by atoms with Gasteiger partial charge in [0.1, 0.15) is 0 Å². The smallest absolute Gasteiger partial charge is 0.293 e. The molecule has 1 unspecified atom stereocenters. The van der Waals surface area contributed by atoms with Gasteiger partial charge < -0.3 is 19.9 Å². The zero-order chi connectivity index (χ0) is 14.3. The van der Waals surface area contributed by atoms with Crippen molar-refractivity contribution in [1.82, 2.24) is 9.55 Å². The number of aromatic nitrogens is 2. The largest absolute Gasteiger partial charge is 0.367 e. The van der Waals surface area contributed by atoms with Crippen molar-refractivity contribution in [1.29, 1.82) is 0 Å². The topological polar surface area (TPSA) is 73.4 Å². The fourth-order valence-corrected chi connectivity index (χ4v) is 2.85. The molecule has 20 heavy (non-hydrogen) atoms. The summed E-state index contributed by atoms with van der Waals surface area (Å²) in [5.74, 6) is 0.522. The summed E-state index contributed by atoms with van der Waals surface area (Å²) < 4.78 is 7.71. The molecule has 0 bridgehead atoms. The maximum Gasteiger partial charge on any atom is 0.293 e. The molecule has 2 fully saturated rings. The number of hydrogen-bond acceptors (Lipinski definition) is 5. The lowest BCUT2D eigenvalue weighted by atomic mass is 10.1. The van der Waals surface area contributed by atoms with E-state index in [-0.39, 0.29) is 17.3 Å². The normalized spacial score (nSPS) is 25.8. The van der Waals surface area contributed by atoms with Crippen LogP contribution in [0, 0.1) is 0 Å². The monoisotopic (exact) mass is 278 g/mol. The molecule has 1 atom stereocenters. The number of anilines is 1. The van der Waals surface area contributed by atoms with Crippen LogP contribution in [0.25, 0.3) is 0 Å². The lowest BCUT2D eigenvalue weighted by Crippen LogP contribution is -2.56. The van der Waals surface area contributed by atoms with Gasteiger partial charge in [-0.2, -0.15) is 0 Å². The quantitative estimate of drug-likeness (QED) is 0.872. The van der Waals surface area contributed by atoms with Crippen LogP contribution in [0.5, 0.6) is 0 Å². The molecule has 2 aliphatic rings. The number of hydrogen-bond donors (Lipinski definition) is 1. The predicted molar refractivity (Wildman–Crippen MR) is 77.0 cm³/mol. The molecule has 1 aliphatic carbocycles. The van der Waals surface area contributed by atoms with Crippen molar-refractivity contribution < 1.29 is 4.74 Å². The van der Waals surface area contributed by atoms with Gasteiger partial charge in [-0.05, 0) is 26.7 Å². The highest BCUT2D eigenvalue weighted by Gasteiger charge is 2.35. The van der Waals surface area contributed by atoms with Crippen LogP contribution in [0.3, 0.4) is 0 Å². The first-order valence-electron chi connectivity index (χ1n) is 7.20. The molecule has 6 heteroatoms. The van der Waals surface area contributed by atoms with Crippen molar-refractivity contribution in [3.8, 4) is 0 Å². The fraction of sp³-hybridized carbons (Fsp3) is 0.714. The summed E-state index contributed by atoms with van der Waals surface area (Å²) in [6.07, 6.45) is 5.62. The molecule has 1 saturated carbocycles. The Labute approximate surface area is 118 Å². The number of ether oxygens (including phenoxy) is 1. The van der Waals surface area contributed by atoms with Gasteiger partial charge in [0.2, 0.25) is 0 Å². The first-order chi connectivity index (χ1) is 9.50. The van der Waals surface area contributed by atoms with Crippen LogP contribution < -0.4 is 16.2 Å². The summed E-state index contributed by atoms with van der Waals surface area (Å²) in [6.45, 7) is 5.76. The van der Waals surface area contributed by atoms with Crippen molar-refractivity contribution in [3.05, 3.63) is 22.7 Å². The van der Waals surface area contributed by atoms with E-state index < -0.39 is 0 Å².